The number of aryl methyl sites for hydroxylation is 1. The molecule has 0 saturated heterocycles. The lowest BCUT2D eigenvalue weighted by Crippen LogP contribution is -2.20. The fraction of sp³-hybridized carbons (Fsp3) is 0.400. The van der Waals surface area contributed by atoms with Gasteiger partial charge in [0.05, 0.1) is 0 Å². The molecule has 120 valence electrons. The van der Waals surface area contributed by atoms with Crippen molar-refractivity contribution in [2.45, 2.75) is 43.5 Å². The molecule has 0 bridgehead atoms. The van der Waals surface area contributed by atoms with Crippen LogP contribution in [-0.2, 0) is 6.18 Å². The predicted molar refractivity (Wildman–Crippen MR) is 77.8 cm³/mol. The summed E-state index contributed by atoms with van der Waals surface area (Å²) < 4.78 is 57.4. The Bertz CT molecular complexity index is 785. The second-order valence-corrected chi connectivity index (χ2v) is 7.72. The van der Waals surface area contributed by atoms with Crippen LogP contribution >= 0.6 is 11.8 Å². The number of rotatable bonds is 1. The van der Waals surface area contributed by atoms with Crippen molar-refractivity contribution in [3.8, 4) is 0 Å². The third kappa shape index (κ3) is 3.14. The zero-order valence-electron chi connectivity index (χ0n) is 12.4. The lowest BCUT2D eigenvalue weighted by Gasteiger charge is -2.18. The third-order valence-electron chi connectivity index (χ3n) is 2.94. The van der Waals surface area contributed by atoms with E-state index in [9.17, 15) is 22.4 Å². The molecule has 2 aromatic rings. The molecular formula is C15H14F4O2S. The molecule has 1 aromatic carbocycles. The molecule has 2 rings (SSSR count). The molecule has 7 heteroatoms. The minimum absolute atomic E-state index is 0.0531. The van der Waals surface area contributed by atoms with Crippen LogP contribution in [0.5, 0.6) is 0 Å². The molecule has 0 N–H and O–H groups in total. The lowest BCUT2D eigenvalue weighted by molar-refractivity contribution is -0.140. The molecule has 0 radical (unpaired) electrons. The maximum absolute atomic E-state index is 14.5. The summed E-state index contributed by atoms with van der Waals surface area (Å²) in [6.45, 7) is 6.75. The highest BCUT2D eigenvalue weighted by Crippen LogP contribution is 2.38. The molecule has 0 spiro atoms. The van der Waals surface area contributed by atoms with Crippen molar-refractivity contribution in [2.75, 3.05) is 0 Å². The highest BCUT2D eigenvalue weighted by Gasteiger charge is 2.38. The fourth-order valence-corrected chi connectivity index (χ4v) is 3.08. The van der Waals surface area contributed by atoms with E-state index in [4.69, 9.17) is 0 Å². The largest absolute Gasteiger partial charge is 0.423 e. The molecule has 1 aromatic heterocycles. The topological polar surface area (TPSA) is 30.2 Å². The molecular weight excluding hydrogens is 320 g/mol. The summed E-state index contributed by atoms with van der Waals surface area (Å²) in [5.41, 5.74) is -3.74. The Kier molecular flexibility index (Phi) is 4.06. The van der Waals surface area contributed by atoms with Crippen molar-refractivity contribution < 1.29 is 22.0 Å². The average Bonchev–Trinajstić information content (AvgIpc) is 2.30. The third-order valence-corrected chi connectivity index (χ3v) is 4.09. The maximum atomic E-state index is 14.5. The van der Waals surface area contributed by atoms with Gasteiger partial charge in [0.15, 0.2) is 11.4 Å². The van der Waals surface area contributed by atoms with Gasteiger partial charge in [0.25, 0.3) is 0 Å². The molecule has 0 unspecified atom stereocenters. The van der Waals surface area contributed by atoms with E-state index < -0.39 is 28.8 Å². The lowest BCUT2D eigenvalue weighted by atomic mass is 10.1. The van der Waals surface area contributed by atoms with Gasteiger partial charge in [0, 0.05) is 15.0 Å². The molecule has 0 aliphatic carbocycles. The SMILES string of the molecule is Cc1c(C(F)(F)F)c(=O)oc2c(F)c(SC(C)(C)C)ccc12. The Hall–Kier alpha value is -1.50. The van der Waals surface area contributed by atoms with Gasteiger partial charge in [0.2, 0.25) is 0 Å². The van der Waals surface area contributed by atoms with Crippen LogP contribution in [0.3, 0.4) is 0 Å². The van der Waals surface area contributed by atoms with Gasteiger partial charge < -0.3 is 4.42 Å². The van der Waals surface area contributed by atoms with Gasteiger partial charge in [0.1, 0.15) is 5.56 Å². The van der Waals surface area contributed by atoms with Gasteiger partial charge in [-0.15, -0.1) is 11.8 Å². The zero-order valence-corrected chi connectivity index (χ0v) is 13.2. The summed E-state index contributed by atoms with van der Waals surface area (Å²) >= 11 is 1.20. The summed E-state index contributed by atoms with van der Waals surface area (Å²) in [6.07, 6.45) is -4.84. The first-order valence-corrected chi connectivity index (χ1v) is 7.25. The van der Waals surface area contributed by atoms with Crippen LogP contribution in [0.2, 0.25) is 0 Å². The van der Waals surface area contributed by atoms with Crippen LogP contribution in [0, 0.1) is 12.7 Å². The fourth-order valence-electron chi connectivity index (χ4n) is 2.10. The van der Waals surface area contributed by atoms with E-state index in [-0.39, 0.29) is 20.6 Å². The van der Waals surface area contributed by atoms with Crippen LogP contribution in [0.25, 0.3) is 11.0 Å². The molecule has 22 heavy (non-hydrogen) atoms. The molecule has 0 fully saturated rings. The van der Waals surface area contributed by atoms with Gasteiger partial charge >= 0.3 is 11.8 Å². The summed E-state index contributed by atoms with van der Waals surface area (Å²) in [6, 6.07) is 2.75. The monoisotopic (exact) mass is 334 g/mol. The van der Waals surface area contributed by atoms with Crippen LogP contribution < -0.4 is 5.63 Å². The predicted octanol–water partition coefficient (Wildman–Crippen LogP) is 5.15. The Morgan fingerprint density at radius 3 is 2.23 bits per heavy atom. The van der Waals surface area contributed by atoms with Crippen molar-refractivity contribution in [1.29, 1.82) is 0 Å². The van der Waals surface area contributed by atoms with E-state index in [0.29, 0.717) is 0 Å². The van der Waals surface area contributed by atoms with Crippen molar-refractivity contribution in [1.82, 2.24) is 0 Å². The number of hydrogen-bond acceptors (Lipinski definition) is 3. The van der Waals surface area contributed by atoms with Crippen molar-refractivity contribution >= 4 is 22.7 Å². The van der Waals surface area contributed by atoms with E-state index in [1.807, 2.05) is 20.8 Å². The second kappa shape index (κ2) is 5.30. The standard InChI is InChI=1S/C15H14F4O2S/c1-7-8-5-6-9(22-14(2,3)4)11(16)12(8)21-13(20)10(7)15(17,18)19/h5-6H,1-4H3. The minimum atomic E-state index is -4.84. The number of halogens is 4. The van der Waals surface area contributed by atoms with Gasteiger partial charge in [-0.1, -0.05) is 20.8 Å². The Labute approximate surface area is 128 Å². The molecule has 0 amide bonds. The molecule has 0 saturated carbocycles. The number of alkyl halides is 3. The van der Waals surface area contributed by atoms with Crippen molar-refractivity contribution in [3.63, 3.8) is 0 Å². The Balaban J connectivity index is 2.76. The molecule has 1 heterocycles. The van der Waals surface area contributed by atoms with Crippen LogP contribution in [0.1, 0.15) is 31.9 Å². The summed E-state index contributed by atoms with van der Waals surface area (Å²) in [5.74, 6) is -0.814. The molecule has 2 nitrogen and oxygen atoms in total. The smallest absolute Gasteiger partial charge is 0.419 e. The summed E-state index contributed by atoms with van der Waals surface area (Å²) in [5, 5.41) is -0.0531. The Morgan fingerprint density at radius 1 is 1.14 bits per heavy atom. The summed E-state index contributed by atoms with van der Waals surface area (Å²) in [7, 11) is 0. The van der Waals surface area contributed by atoms with E-state index in [1.54, 1.807) is 0 Å². The summed E-state index contributed by atoms with van der Waals surface area (Å²) in [4.78, 5) is 11.8. The van der Waals surface area contributed by atoms with Gasteiger partial charge in [-0.3, -0.25) is 0 Å². The van der Waals surface area contributed by atoms with Crippen LogP contribution in [0.15, 0.2) is 26.2 Å². The minimum Gasteiger partial charge on any atom is -0.419 e. The first kappa shape index (κ1) is 16.9. The van der Waals surface area contributed by atoms with Crippen LogP contribution in [0.4, 0.5) is 17.6 Å². The number of thioether (sulfide) groups is 1. The highest BCUT2D eigenvalue weighted by molar-refractivity contribution is 8.00. The maximum Gasteiger partial charge on any atom is 0.423 e. The van der Waals surface area contributed by atoms with Gasteiger partial charge in [-0.05, 0) is 24.6 Å². The molecule has 0 aliphatic heterocycles. The quantitative estimate of drug-likeness (QED) is 0.410. The molecule has 0 aliphatic rings. The number of benzene rings is 1. The number of hydrogen-bond donors (Lipinski definition) is 0. The van der Waals surface area contributed by atoms with E-state index in [1.165, 1.54) is 23.9 Å². The van der Waals surface area contributed by atoms with Crippen molar-refractivity contribution in [2.24, 2.45) is 0 Å². The molecule has 0 atom stereocenters. The van der Waals surface area contributed by atoms with E-state index in [2.05, 4.69) is 4.42 Å². The first-order chi connectivity index (χ1) is 9.92. The van der Waals surface area contributed by atoms with Crippen molar-refractivity contribution in [3.05, 3.63) is 39.5 Å². The van der Waals surface area contributed by atoms with Gasteiger partial charge in [-0.25, -0.2) is 9.18 Å². The number of fused-ring (bicyclic) bond motifs is 1. The van der Waals surface area contributed by atoms with Crippen LogP contribution in [-0.4, -0.2) is 4.75 Å². The average molecular weight is 334 g/mol. The Morgan fingerprint density at radius 2 is 1.73 bits per heavy atom. The highest BCUT2D eigenvalue weighted by atomic mass is 32.2. The normalized spacial score (nSPS) is 12.9. The van der Waals surface area contributed by atoms with Gasteiger partial charge in [-0.2, -0.15) is 13.2 Å². The second-order valence-electron chi connectivity index (χ2n) is 5.86. The zero-order chi connectivity index (χ0) is 16.9. The first-order valence-electron chi connectivity index (χ1n) is 6.44. The van der Waals surface area contributed by atoms with E-state index >= 15 is 0 Å². The van der Waals surface area contributed by atoms with E-state index in [0.717, 1.165) is 6.92 Å².